The van der Waals surface area contributed by atoms with E-state index in [-0.39, 0.29) is 11.9 Å². The molecular formula is C17H23ClN4O. The summed E-state index contributed by atoms with van der Waals surface area (Å²) < 4.78 is 1.89. The highest BCUT2D eigenvalue weighted by atomic mass is 35.5. The Morgan fingerprint density at radius 1 is 1.39 bits per heavy atom. The van der Waals surface area contributed by atoms with Crippen LogP contribution in [0.25, 0.3) is 11.0 Å². The number of hydrogen-bond donors (Lipinski definition) is 1. The maximum Gasteiger partial charge on any atom is 0.244 e. The van der Waals surface area contributed by atoms with Gasteiger partial charge < -0.3 is 4.57 Å². The molecule has 124 valence electrons. The number of fused-ring (bicyclic) bond motifs is 1. The standard InChI is InChI=1S/C17H23ClN4O/c1-11(2)22-9-5-4-6-15(22)16(23)20-17-19-13-10-12(18)7-8-14(13)21(17)3/h7-8,10-11,15H,4-6,9H2,1-3H3,(H,19,20,23). The van der Waals surface area contributed by atoms with Gasteiger partial charge in [0.2, 0.25) is 11.9 Å². The van der Waals surface area contributed by atoms with Crippen LogP contribution in [0.2, 0.25) is 5.02 Å². The summed E-state index contributed by atoms with van der Waals surface area (Å²) in [4.78, 5) is 19.5. The zero-order valence-corrected chi connectivity index (χ0v) is 14.6. The van der Waals surface area contributed by atoms with Crippen LogP contribution in [0.3, 0.4) is 0 Å². The van der Waals surface area contributed by atoms with E-state index in [0.29, 0.717) is 17.0 Å². The Balaban J connectivity index is 1.83. The average Bonchev–Trinajstić information content (AvgIpc) is 2.82. The molecule has 0 aliphatic carbocycles. The zero-order valence-electron chi connectivity index (χ0n) is 13.8. The number of aryl methyl sites for hydroxylation is 1. The van der Waals surface area contributed by atoms with Crippen LogP contribution in [0.1, 0.15) is 33.1 Å². The van der Waals surface area contributed by atoms with Gasteiger partial charge in [-0.3, -0.25) is 15.0 Å². The van der Waals surface area contributed by atoms with Crippen molar-refractivity contribution in [2.24, 2.45) is 7.05 Å². The van der Waals surface area contributed by atoms with Crippen LogP contribution in [0.15, 0.2) is 18.2 Å². The molecule has 5 nitrogen and oxygen atoms in total. The van der Waals surface area contributed by atoms with Crippen LogP contribution in [-0.4, -0.2) is 39.0 Å². The molecule has 0 radical (unpaired) electrons. The summed E-state index contributed by atoms with van der Waals surface area (Å²) in [5.74, 6) is 0.601. The van der Waals surface area contributed by atoms with Crippen molar-refractivity contribution in [1.82, 2.24) is 14.5 Å². The SMILES string of the molecule is CC(C)N1CCCCC1C(=O)Nc1nc2cc(Cl)ccc2n1C. The first kappa shape index (κ1) is 16.3. The Labute approximate surface area is 141 Å². The lowest BCUT2D eigenvalue weighted by atomic mass is 10.00. The van der Waals surface area contributed by atoms with E-state index in [1.54, 1.807) is 0 Å². The normalized spacial score (nSPS) is 19.4. The molecule has 1 N–H and O–H groups in total. The number of likely N-dealkylation sites (tertiary alicyclic amines) is 1. The van der Waals surface area contributed by atoms with Crippen LogP contribution in [-0.2, 0) is 11.8 Å². The van der Waals surface area contributed by atoms with E-state index >= 15 is 0 Å². The fourth-order valence-electron chi connectivity index (χ4n) is 3.33. The van der Waals surface area contributed by atoms with Crippen LogP contribution in [0.5, 0.6) is 0 Å². The predicted molar refractivity (Wildman–Crippen MR) is 93.8 cm³/mol. The Morgan fingerprint density at radius 2 is 2.17 bits per heavy atom. The maximum atomic E-state index is 12.7. The van der Waals surface area contributed by atoms with Gasteiger partial charge in [-0.25, -0.2) is 4.98 Å². The fourth-order valence-corrected chi connectivity index (χ4v) is 3.50. The molecular weight excluding hydrogens is 312 g/mol. The highest BCUT2D eigenvalue weighted by molar-refractivity contribution is 6.31. The zero-order chi connectivity index (χ0) is 16.6. The monoisotopic (exact) mass is 334 g/mol. The highest BCUT2D eigenvalue weighted by Crippen LogP contribution is 2.24. The number of rotatable bonds is 3. The number of anilines is 1. The van der Waals surface area contributed by atoms with Gasteiger partial charge in [-0.1, -0.05) is 18.0 Å². The minimum Gasteiger partial charge on any atom is -0.313 e. The van der Waals surface area contributed by atoms with E-state index in [9.17, 15) is 4.79 Å². The number of carbonyl (C=O) groups is 1. The number of piperidine rings is 1. The number of nitrogens with zero attached hydrogens (tertiary/aromatic N) is 3. The number of nitrogens with one attached hydrogen (secondary N) is 1. The lowest BCUT2D eigenvalue weighted by Gasteiger charge is -2.37. The molecule has 0 spiro atoms. The van der Waals surface area contributed by atoms with E-state index < -0.39 is 0 Å². The van der Waals surface area contributed by atoms with Crippen LogP contribution in [0, 0.1) is 0 Å². The third-order valence-corrected chi connectivity index (χ3v) is 4.82. The van der Waals surface area contributed by atoms with E-state index in [1.165, 1.54) is 0 Å². The van der Waals surface area contributed by atoms with Crippen molar-refractivity contribution in [3.05, 3.63) is 23.2 Å². The summed E-state index contributed by atoms with van der Waals surface area (Å²) in [5, 5.41) is 3.65. The third-order valence-electron chi connectivity index (χ3n) is 4.59. The van der Waals surface area contributed by atoms with Gasteiger partial charge in [0.05, 0.1) is 17.1 Å². The molecule has 0 saturated carbocycles. The second kappa shape index (κ2) is 6.49. The Hall–Kier alpha value is -1.59. The van der Waals surface area contributed by atoms with Gasteiger partial charge in [-0.2, -0.15) is 0 Å². The molecule has 2 aromatic rings. The Kier molecular flexibility index (Phi) is 4.60. The number of benzene rings is 1. The largest absolute Gasteiger partial charge is 0.313 e. The molecule has 1 atom stereocenters. The second-order valence-corrected chi connectivity index (χ2v) is 6.90. The van der Waals surface area contributed by atoms with Gasteiger partial charge in [0.1, 0.15) is 0 Å². The Morgan fingerprint density at radius 3 is 2.91 bits per heavy atom. The molecule has 1 saturated heterocycles. The average molecular weight is 335 g/mol. The highest BCUT2D eigenvalue weighted by Gasteiger charge is 2.30. The smallest absolute Gasteiger partial charge is 0.244 e. The molecule has 1 unspecified atom stereocenters. The van der Waals surface area contributed by atoms with Crippen molar-refractivity contribution in [2.75, 3.05) is 11.9 Å². The van der Waals surface area contributed by atoms with Crippen molar-refractivity contribution in [2.45, 2.75) is 45.2 Å². The lowest BCUT2D eigenvalue weighted by molar-refractivity contribution is -0.123. The van der Waals surface area contributed by atoms with E-state index in [2.05, 4.69) is 29.0 Å². The third kappa shape index (κ3) is 3.21. The minimum atomic E-state index is -0.0767. The predicted octanol–water partition coefficient (Wildman–Crippen LogP) is 3.43. The molecule has 2 heterocycles. The quantitative estimate of drug-likeness (QED) is 0.935. The van der Waals surface area contributed by atoms with Crippen molar-refractivity contribution in [1.29, 1.82) is 0 Å². The number of carbonyl (C=O) groups excluding carboxylic acids is 1. The van der Waals surface area contributed by atoms with Gasteiger partial charge in [0.25, 0.3) is 0 Å². The van der Waals surface area contributed by atoms with E-state index in [0.717, 1.165) is 36.8 Å². The van der Waals surface area contributed by atoms with Gasteiger partial charge in [-0.15, -0.1) is 0 Å². The molecule has 1 aromatic heterocycles. The van der Waals surface area contributed by atoms with E-state index in [4.69, 9.17) is 11.6 Å². The van der Waals surface area contributed by atoms with Gasteiger partial charge >= 0.3 is 0 Å². The molecule has 23 heavy (non-hydrogen) atoms. The topological polar surface area (TPSA) is 50.2 Å². The second-order valence-electron chi connectivity index (χ2n) is 6.46. The maximum absolute atomic E-state index is 12.7. The summed E-state index contributed by atoms with van der Waals surface area (Å²) >= 11 is 6.02. The summed E-state index contributed by atoms with van der Waals surface area (Å²) in [6.07, 6.45) is 3.16. The molecule has 1 amide bonds. The first-order chi connectivity index (χ1) is 11.0. The fraction of sp³-hybridized carbons (Fsp3) is 0.529. The number of imidazole rings is 1. The minimum absolute atomic E-state index is 0.0305. The van der Waals surface area contributed by atoms with Gasteiger partial charge in [0, 0.05) is 18.1 Å². The summed E-state index contributed by atoms with van der Waals surface area (Å²) in [7, 11) is 1.90. The van der Waals surface area contributed by atoms with Crippen molar-refractivity contribution >= 4 is 34.5 Å². The van der Waals surface area contributed by atoms with E-state index in [1.807, 2.05) is 29.8 Å². The molecule has 1 fully saturated rings. The van der Waals surface area contributed by atoms with Crippen LogP contribution in [0.4, 0.5) is 5.95 Å². The summed E-state index contributed by atoms with van der Waals surface area (Å²) in [5.41, 5.74) is 1.74. The molecule has 1 aromatic carbocycles. The number of hydrogen-bond acceptors (Lipinski definition) is 3. The molecule has 1 aliphatic heterocycles. The number of halogens is 1. The lowest BCUT2D eigenvalue weighted by Crippen LogP contribution is -2.50. The van der Waals surface area contributed by atoms with Crippen molar-refractivity contribution in [3.63, 3.8) is 0 Å². The molecule has 3 rings (SSSR count). The van der Waals surface area contributed by atoms with Gasteiger partial charge in [0.15, 0.2) is 0 Å². The molecule has 6 heteroatoms. The molecule has 1 aliphatic rings. The first-order valence-corrected chi connectivity index (χ1v) is 8.53. The number of aromatic nitrogens is 2. The van der Waals surface area contributed by atoms with Crippen LogP contribution >= 0.6 is 11.6 Å². The van der Waals surface area contributed by atoms with Crippen molar-refractivity contribution < 1.29 is 4.79 Å². The summed E-state index contributed by atoms with van der Waals surface area (Å²) in [6.45, 7) is 5.26. The van der Waals surface area contributed by atoms with Crippen molar-refractivity contribution in [3.8, 4) is 0 Å². The molecule has 0 bridgehead atoms. The van der Waals surface area contributed by atoms with Gasteiger partial charge in [-0.05, 0) is 51.4 Å². The number of amides is 1. The Bertz CT molecular complexity index is 725. The summed E-state index contributed by atoms with van der Waals surface area (Å²) in [6, 6.07) is 5.85. The first-order valence-electron chi connectivity index (χ1n) is 8.16. The van der Waals surface area contributed by atoms with Crippen LogP contribution < -0.4 is 5.32 Å².